The molecule has 0 saturated heterocycles. The van der Waals surface area contributed by atoms with Gasteiger partial charge in [-0.1, -0.05) is 0 Å². The third-order valence-corrected chi connectivity index (χ3v) is 4.75. The van der Waals surface area contributed by atoms with E-state index in [2.05, 4.69) is 19.9 Å². The van der Waals surface area contributed by atoms with Crippen LogP contribution in [0.25, 0.3) is 0 Å². The quantitative estimate of drug-likeness (QED) is 0.163. The lowest BCUT2D eigenvalue weighted by Gasteiger charge is -2.12. The van der Waals surface area contributed by atoms with E-state index in [1.165, 1.54) is 12.1 Å². The van der Waals surface area contributed by atoms with Crippen LogP contribution < -0.4 is 18.9 Å². The highest BCUT2D eigenvalue weighted by molar-refractivity contribution is 5.36. The molecule has 16 heteroatoms. The number of halogens is 8. The summed E-state index contributed by atoms with van der Waals surface area (Å²) in [5.41, 5.74) is -3.01. The second kappa shape index (κ2) is 11.5. The van der Waals surface area contributed by atoms with E-state index in [4.69, 9.17) is 18.9 Å². The van der Waals surface area contributed by atoms with Gasteiger partial charge in [-0.2, -0.15) is 26.3 Å². The van der Waals surface area contributed by atoms with Crippen molar-refractivity contribution in [3.8, 4) is 35.0 Å². The largest absolute Gasteiger partial charge is 0.474 e. The van der Waals surface area contributed by atoms with E-state index < -0.39 is 35.1 Å². The van der Waals surface area contributed by atoms with E-state index in [0.717, 1.165) is 24.8 Å². The average molecular weight is 574 g/mol. The molecule has 210 valence electrons. The summed E-state index contributed by atoms with van der Waals surface area (Å²) in [6.07, 6.45) is -7.80. The van der Waals surface area contributed by atoms with Crippen LogP contribution in [0.3, 0.4) is 0 Å². The first-order valence-corrected chi connectivity index (χ1v) is 10.9. The Morgan fingerprint density at radius 3 is 1.27 bits per heavy atom. The van der Waals surface area contributed by atoms with Crippen molar-refractivity contribution in [1.29, 1.82) is 0 Å². The van der Waals surface area contributed by atoms with Crippen molar-refractivity contribution in [2.75, 3.05) is 13.2 Å². The number of rotatable bonds is 9. The van der Waals surface area contributed by atoms with Crippen LogP contribution in [0, 0.1) is 11.6 Å². The van der Waals surface area contributed by atoms with Crippen molar-refractivity contribution in [3.63, 3.8) is 0 Å². The highest BCUT2D eigenvalue weighted by Crippen LogP contribution is 2.36. The normalized spacial score (nSPS) is 11.7. The van der Waals surface area contributed by atoms with Gasteiger partial charge < -0.3 is 18.9 Å². The van der Waals surface area contributed by atoms with Crippen molar-refractivity contribution >= 4 is 0 Å². The zero-order valence-electron chi connectivity index (χ0n) is 19.6. The van der Waals surface area contributed by atoms with Crippen LogP contribution in [-0.2, 0) is 12.4 Å². The van der Waals surface area contributed by atoms with Crippen LogP contribution in [0.5, 0.6) is 35.0 Å². The molecule has 0 fully saturated rings. The number of nitrogens with zero attached hydrogens (tertiary/aromatic N) is 4. The Labute approximate surface area is 219 Å². The zero-order valence-corrected chi connectivity index (χ0v) is 19.6. The fourth-order valence-electron chi connectivity index (χ4n) is 3.02. The summed E-state index contributed by atoms with van der Waals surface area (Å²) in [7, 11) is 0. The molecule has 2 heterocycles. The second-order valence-corrected chi connectivity index (χ2v) is 7.57. The fraction of sp³-hybridized carbons (Fsp3) is 0.167. The van der Waals surface area contributed by atoms with E-state index in [0.29, 0.717) is 24.3 Å². The minimum absolute atomic E-state index is 0.0322. The maximum atomic E-state index is 13.5. The maximum Gasteiger partial charge on any atom is 0.419 e. The van der Waals surface area contributed by atoms with Gasteiger partial charge in [0.05, 0.1) is 23.3 Å². The predicted octanol–water partition coefficient (Wildman–Crippen LogP) is 6.62. The second-order valence-electron chi connectivity index (χ2n) is 7.57. The molecule has 0 spiro atoms. The molecule has 0 aliphatic carbocycles. The summed E-state index contributed by atoms with van der Waals surface area (Å²) in [4.78, 5) is 15.2. The predicted molar refractivity (Wildman–Crippen MR) is 118 cm³/mol. The molecule has 0 unspecified atom stereocenters. The van der Waals surface area contributed by atoms with Gasteiger partial charge in [0, 0.05) is 0 Å². The Hall–Kier alpha value is -4.76. The monoisotopic (exact) mass is 574 g/mol. The smallest absolute Gasteiger partial charge is 0.419 e. The highest BCUT2D eigenvalue weighted by Gasteiger charge is 2.35. The van der Waals surface area contributed by atoms with Crippen LogP contribution in [0.15, 0.2) is 61.2 Å². The molecule has 4 aromatic rings. The van der Waals surface area contributed by atoms with Crippen LogP contribution in [0.2, 0.25) is 0 Å². The van der Waals surface area contributed by atoms with E-state index in [1.54, 1.807) is 0 Å². The summed E-state index contributed by atoms with van der Waals surface area (Å²) in [5, 5.41) is 0. The topological polar surface area (TPSA) is 88.5 Å². The standard InChI is InChI=1S/C24H14F8N4O4/c25-17-3-1-13(7-15(17)23(27,28)29)39-21-9-19(33-11-35-21)37-5-6-38-20-10-22(36-12-34-20)40-14-2-4-18(26)16(8-14)24(30,31)32/h1-4,7-12H,5-6H2. The van der Waals surface area contributed by atoms with E-state index in [1.807, 2.05) is 0 Å². The summed E-state index contributed by atoms with van der Waals surface area (Å²) in [5.74, 6) is -3.99. The molecule has 0 atom stereocenters. The Morgan fingerprint density at radius 1 is 0.525 bits per heavy atom. The first kappa shape index (κ1) is 28.3. The first-order chi connectivity index (χ1) is 18.9. The Balaban J connectivity index is 1.31. The molecule has 2 aromatic heterocycles. The van der Waals surface area contributed by atoms with Crippen molar-refractivity contribution in [3.05, 3.63) is 83.9 Å². The Morgan fingerprint density at radius 2 is 0.900 bits per heavy atom. The molecular formula is C24H14F8N4O4. The van der Waals surface area contributed by atoms with Crippen molar-refractivity contribution in [2.45, 2.75) is 12.4 Å². The third-order valence-electron chi connectivity index (χ3n) is 4.75. The Kier molecular flexibility index (Phi) is 8.16. The molecule has 0 N–H and O–H groups in total. The van der Waals surface area contributed by atoms with E-state index in [9.17, 15) is 35.1 Å². The van der Waals surface area contributed by atoms with Gasteiger partial charge in [0.2, 0.25) is 23.5 Å². The number of benzene rings is 2. The van der Waals surface area contributed by atoms with Gasteiger partial charge in [0.15, 0.2) is 0 Å². The van der Waals surface area contributed by atoms with Gasteiger partial charge >= 0.3 is 12.4 Å². The first-order valence-electron chi connectivity index (χ1n) is 10.9. The van der Waals surface area contributed by atoms with E-state index >= 15 is 0 Å². The molecule has 0 radical (unpaired) electrons. The maximum absolute atomic E-state index is 13.5. The SMILES string of the molecule is Fc1ccc(Oc2cc(OCCOc3cc(Oc4ccc(F)c(C(F)(F)F)c4)ncn3)ncn2)cc1C(F)(F)F. The van der Waals surface area contributed by atoms with E-state index in [-0.39, 0.29) is 48.2 Å². The van der Waals surface area contributed by atoms with Gasteiger partial charge in [0.1, 0.15) is 49.0 Å². The van der Waals surface area contributed by atoms with Gasteiger partial charge in [0.25, 0.3) is 0 Å². The molecule has 0 amide bonds. The average Bonchev–Trinajstić information content (AvgIpc) is 2.88. The summed E-state index contributed by atoms with van der Waals surface area (Å²) < 4.78 is 126. The van der Waals surface area contributed by atoms with Gasteiger partial charge in [-0.05, 0) is 36.4 Å². The summed E-state index contributed by atoms with van der Waals surface area (Å²) in [6, 6.07) is 6.51. The minimum atomic E-state index is -4.92. The summed E-state index contributed by atoms with van der Waals surface area (Å²) >= 11 is 0. The molecule has 40 heavy (non-hydrogen) atoms. The molecule has 0 aliphatic rings. The van der Waals surface area contributed by atoms with Crippen LogP contribution >= 0.6 is 0 Å². The van der Waals surface area contributed by atoms with Gasteiger partial charge in [-0.25, -0.2) is 28.7 Å². The number of ether oxygens (including phenoxy) is 4. The van der Waals surface area contributed by atoms with Crippen LogP contribution in [0.1, 0.15) is 11.1 Å². The van der Waals surface area contributed by atoms with Gasteiger partial charge in [-0.15, -0.1) is 0 Å². The molecule has 0 bridgehead atoms. The highest BCUT2D eigenvalue weighted by atomic mass is 19.4. The Bertz CT molecular complexity index is 1370. The summed E-state index contributed by atoms with van der Waals surface area (Å²) in [6.45, 7) is -0.226. The van der Waals surface area contributed by atoms with Gasteiger partial charge in [-0.3, -0.25) is 0 Å². The fourth-order valence-corrected chi connectivity index (χ4v) is 3.02. The molecule has 0 saturated carbocycles. The molecule has 2 aromatic carbocycles. The molecular weight excluding hydrogens is 560 g/mol. The lowest BCUT2D eigenvalue weighted by molar-refractivity contribution is -0.140. The molecule has 0 aliphatic heterocycles. The lowest BCUT2D eigenvalue weighted by Crippen LogP contribution is -2.11. The molecule has 8 nitrogen and oxygen atoms in total. The van der Waals surface area contributed by atoms with Crippen molar-refractivity contribution in [2.24, 2.45) is 0 Å². The zero-order chi connectivity index (χ0) is 28.9. The van der Waals surface area contributed by atoms with Crippen LogP contribution in [0.4, 0.5) is 35.1 Å². The van der Waals surface area contributed by atoms with Crippen LogP contribution in [-0.4, -0.2) is 33.1 Å². The number of alkyl halides is 6. The number of aromatic nitrogens is 4. The minimum Gasteiger partial charge on any atom is -0.474 e. The third kappa shape index (κ3) is 7.42. The molecule has 4 rings (SSSR count). The number of hydrogen-bond acceptors (Lipinski definition) is 8. The lowest BCUT2D eigenvalue weighted by atomic mass is 10.2. The number of hydrogen-bond donors (Lipinski definition) is 0. The van der Waals surface area contributed by atoms with Crippen molar-refractivity contribution < 1.29 is 54.1 Å². The van der Waals surface area contributed by atoms with Crippen molar-refractivity contribution in [1.82, 2.24) is 19.9 Å².